The number of rotatable bonds is 4. The first kappa shape index (κ1) is 22.1. The summed E-state index contributed by atoms with van der Waals surface area (Å²) in [6.45, 7) is 3.85. The van der Waals surface area contributed by atoms with E-state index >= 15 is 0 Å². The lowest BCUT2D eigenvalue weighted by Gasteiger charge is -2.38. The second kappa shape index (κ2) is 10.3. The van der Waals surface area contributed by atoms with Crippen molar-refractivity contribution in [3.63, 3.8) is 0 Å². The Bertz CT molecular complexity index is 584. The second-order valence-electron chi connectivity index (χ2n) is 6.04. The molecule has 2 unspecified atom stereocenters. The fourth-order valence-electron chi connectivity index (χ4n) is 2.42. The fraction of sp³-hybridized carbons (Fsp3) is 0.588. The van der Waals surface area contributed by atoms with E-state index in [4.69, 9.17) is 15.2 Å². The molecule has 1 saturated heterocycles. The number of anilines is 1. The molecule has 0 amide bonds. The van der Waals surface area contributed by atoms with E-state index < -0.39 is 43.2 Å². The van der Waals surface area contributed by atoms with Crippen LogP contribution in [0.15, 0.2) is 18.2 Å². The standard InChI is InChI=1S/C14H20N2O7.C3H8/c1-16-10-12(19)11(18)9(23-14(10)21)5-22-13(20)7-4-6(15)2-3-8(7)17;1-3-2/h2-4,9-12,14,16-19,21H,5,15H2,1H3;3H2,1-2H3/p+1/t9?,10?,11-,12+,14-;/m1./s1. The Morgan fingerprint density at radius 3 is 2.46 bits per heavy atom. The number of hydrogen-bond donors (Lipinski definition) is 6. The van der Waals surface area contributed by atoms with Gasteiger partial charge in [-0.05, 0) is 18.2 Å². The maximum atomic E-state index is 11.9. The molecule has 2 rings (SSSR count). The van der Waals surface area contributed by atoms with Gasteiger partial charge in [0.25, 0.3) is 0 Å². The number of hydrogen-bond acceptors (Lipinski definition) is 8. The number of nitrogens with two attached hydrogens (primary N) is 2. The van der Waals surface area contributed by atoms with Gasteiger partial charge < -0.3 is 41.0 Å². The molecule has 1 heterocycles. The number of aliphatic hydroxyl groups excluding tert-OH is 3. The van der Waals surface area contributed by atoms with Gasteiger partial charge in [-0.15, -0.1) is 0 Å². The minimum absolute atomic E-state index is 0.129. The Morgan fingerprint density at radius 2 is 1.88 bits per heavy atom. The zero-order chi connectivity index (χ0) is 19.9. The van der Waals surface area contributed by atoms with Gasteiger partial charge in [-0.2, -0.15) is 0 Å². The van der Waals surface area contributed by atoms with Gasteiger partial charge in [0.15, 0.2) is 6.04 Å². The number of ether oxygens (including phenoxy) is 2. The van der Waals surface area contributed by atoms with Gasteiger partial charge in [0, 0.05) is 5.69 Å². The van der Waals surface area contributed by atoms with E-state index in [1.165, 1.54) is 29.9 Å². The summed E-state index contributed by atoms with van der Waals surface area (Å²) in [6, 6.07) is 3.19. The fourth-order valence-corrected chi connectivity index (χ4v) is 2.42. The van der Waals surface area contributed by atoms with Crippen molar-refractivity contribution in [2.24, 2.45) is 0 Å². The number of benzene rings is 1. The van der Waals surface area contributed by atoms with Crippen LogP contribution in [0.2, 0.25) is 0 Å². The van der Waals surface area contributed by atoms with Gasteiger partial charge in [-0.3, -0.25) is 0 Å². The van der Waals surface area contributed by atoms with Gasteiger partial charge in [-0.25, -0.2) is 4.79 Å². The number of likely N-dealkylation sites (N-methyl/N-ethyl adjacent to an activating group) is 1. The number of aromatic hydroxyl groups is 1. The van der Waals surface area contributed by atoms with Crippen LogP contribution in [0.25, 0.3) is 0 Å². The molecule has 8 N–H and O–H groups in total. The molecular weight excluding hydrogens is 344 g/mol. The summed E-state index contributed by atoms with van der Waals surface area (Å²) in [4.78, 5) is 11.9. The Hall–Kier alpha value is -1.91. The third kappa shape index (κ3) is 5.55. The summed E-state index contributed by atoms with van der Waals surface area (Å²) in [5.74, 6) is -1.16. The smallest absolute Gasteiger partial charge is 0.342 e. The van der Waals surface area contributed by atoms with Crippen LogP contribution in [0, 0.1) is 0 Å². The first-order valence-corrected chi connectivity index (χ1v) is 8.51. The van der Waals surface area contributed by atoms with Crippen molar-refractivity contribution >= 4 is 11.7 Å². The molecule has 148 valence electrons. The SMILES string of the molecule is CCC.C[NH2+]C1[C@H](O)OC(COC(=O)c2cc(N)ccc2O)[C@@H](O)[C@H]1O. The highest BCUT2D eigenvalue weighted by molar-refractivity contribution is 5.93. The Labute approximate surface area is 152 Å². The largest absolute Gasteiger partial charge is 0.507 e. The number of carbonyl (C=O) groups is 1. The summed E-state index contributed by atoms with van der Waals surface area (Å²) in [5.41, 5.74) is 5.69. The van der Waals surface area contributed by atoms with E-state index in [1.807, 2.05) is 0 Å². The monoisotopic (exact) mass is 373 g/mol. The zero-order valence-corrected chi connectivity index (χ0v) is 15.2. The lowest BCUT2D eigenvalue weighted by atomic mass is 9.97. The molecule has 0 aromatic heterocycles. The van der Waals surface area contributed by atoms with Crippen LogP contribution in [0.5, 0.6) is 5.75 Å². The molecule has 0 radical (unpaired) electrons. The molecule has 0 aliphatic carbocycles. The van der Waals surface area contributed by atoms with Crippen molar-refractivity contribution in [2.45, 2.75) is 50.9 Å². The third-order valence-electron chi connectivity index (χ3n) is 3.77. The average molecular weight is 373 g/mol. The van der Waals surface area contributed by atoms with E-state index in [2.05, 4.69) is 13.8 Å². The Balaban J connectivity index is 0.00000105. The van der Waals surface area contributed by atoms with Crippen molar-refractivity contribution in [1.29, 1.82) is 0 Å². The molecule has 9 nitrogen and oxygen atoms in total. The Morgan fingerprint density at radius 1 is 1.27 bits per heavy atom. The lowest BCUT2D eigenvalue weighted by Crippen LogP contribution is -2.94. The number of esters is 1. The minimum atomic E-state index is -1.33. The van der Waals surface area contributed by atoms with Gasteiger partial charge in [0.05, 0.1) is 7.05 Å². The first-order valence-electron chi connectivity index (χ1n) is 8.51. The van der Waals surface area contributed by atoms with Crippen LogP contribution in [0.4, 0.5) is 5.69 Å². The summed E-state index contributed by atoms with van der Waals surface area (Å²) >= 11 is 0. The number of aliphatic hydroxyl groups is 3. The molecule has 1 aromatic carbocycles. The molecule has 0 saturated carbocycles. The molecule has 1 fully saturated rings. The molecule has 5 atom stereocenters. The predicted molar refractivity (Wildman–Crippen MR) is 93.3 cm³/mol. The van der Waals surface area contributed by atoms with Gasteiger partial charge in [0.2, 0.25) is 6.29 Å². The summed E-state index contributed by atoms with van der Waals surface area (Å²) in [7, 11) is 1.62. The van der Waals surface area contributed by atoms with E-state index in [0.717, 1.165) is 0 Å². The van der Waals surface area contributed by atoms with Crippen LogP contribution >= 0.6 is 0 Å². The number of quaternary nitrogens is 1. The van der Waals surface area contributed by atoms with E-state index in [0.29, 0.717) is 0 Å². The molecule has 9 heteroatoms. The van der Waals surface area contributed by atoms with Gasteiger partial charge in [0.1, 0.15) is 36.2 Å². The van der Waals surface area contributed by atoms with Gasteiger partial charge >= 0.3 is 5.97 Å². The number of phenols is 1. The maximum Gasteiger partial charge on any atom is 0.342 e. The normalized spacial score (nSPS) is 28.0. The van der Waals surface area contributed by atoms with Crippen molar-refractivity contribution in [3.05, 3.63) is 23.8 Å². The quantitative estimate of drug-likeness (QED) is 0.212. The highest BCUT2D eigenvalue weighted by Gasteiger charge is 2.46. The van der Waals surface area contributed by atoms with E-state index in [1.54, 1.807) is 7.05 Å². The van der Waals surface area contributed by atoms with Crippen molar-refractivity contribution < 1.29 is 40.0 Å². The highest BCUT2D eigenvalue weighted by Crippen LogP contribution is 2.22. The zero-order valence-electron chi connectivity index (χ0n) is 15.2. The van der Waals surface area contributed by atoms with Gasteiger partial charge in [-0.1, -0.05) is 20.3 Å². The maximum absolute atomic E-state index is 11.9. The summed E-state index contributed by atoms with van der Waals surface area (Å²) in [5, 5.41) is 40.8. The number of carbonyl (C=O) groups excluding carboxylic acids is 1. The van der Waals surface area contributed by atoms with Crippen molar-refractivity contribution in [2.75, 3.05) is 19.4 Å². The molecule has 1 aromatic rings. The Kier molecular flexibility index (Phi) is 8.76. The number of phenolic OH excluding ortho intramolecular Hbond substituents is 1. The third-order valence-corrected chi connectivity index (χ3v) is 3.77. The molecule has 0 spiro atoms. The molecule has 1 aliphatic rings. The summed E-state index contributed by atoms with van der Waals surface area (Å²) in [6.07, 6.45) is -3.73. The van der Waals surface area contributed by atoms with Crippen molar-refractivity contribution in [3.8, 4) is 5.75 Å². The second-order valence-corrected chi connectivity index (χ2v) is 6.04. The molecular formula is C17H29N2O7+. The van der Waals surface area contributed by atoms with Crippen LogP contribution in [-0.4, -0.2) is 70.7 Å². The summed E-state index contributed by atoms with van der Waals surface area (Å²) < 4.78 is 10.1. The average Bonchev–Trinajstić information content (AvgIpc) is 2.60. The van der Waals surface area contributed by atoms with Crippen LogP contribution < -0.4 is 11.1 Å². The van der Waals surface area contributed by atoms with Crippen molar-refractivity contribution in [1.82, 2.24) is 0 Å². The van der Waals surface area contributed by atoms with Crippen LogP contribution in [0.3, 0.4) is 0 Å². The lowest BCUT2D eigenvalue weighted by molar-refractivity contribution is -0.694. The molecule has 0 bridgehead atoms. The van der Waals surface area contributed by atoms with Crippen LogP contribution in [0.1, 0.15) is 30.6 Å². The first-order chi connectivity index (χ1) is 12.3. The molecule has 26 heavy (non-hydrogen) atoms. The van der Waals surface area contributed by atoms with E-state index in [9.17, 15) is 25.2 Å². The molecule has 1 aliphatic heterocycles. The van der Waals surface area contributed by atoms with E-state index in [-0.39, 0.29) is 17.0 Å². The predicted octanol–water partition coefficient (Wildman–Crippen LogP) is -1.45. The topological polar surface area (TPSA) is 159 Å². The number of nitrogen functional groups attached to an aromatic ring is 1. The minimum Gasteiger partial charge on any atom is -0.507 e. The highest BCUT2D eigenvalue weighted by atomic mass is 16.6. The van der Waals surface area contributed by atoms with Crippen LogP contribution in [-0.2, 0) is 9.47 Å².